The van der Waals surface area contributed by atoms with Crippen LogP contribution < -0.4 is 15.8 Å². The molecule has 0 saturated carbocycles. The van der Waals surface area contributed by atoms with Gasteiger partial charge in [0.1, 0.15) is 5.75 Å². The number of rotatable bonds is 7. The highest BCUT2D eigenvalue weighted by molar-refractivity contribution is 5.85. The number of nitrogens with one attached hydrogen (secondary N) is 1. The number of benzene rings is 1. The van der Waals surface area contributed by atoms with Crippen LogP contribution in [-0.4, -0.2) is 18.6 Å². The summed E-state index contributed by atoms with van der Waals surface area (Å²) >= 11 is 0. The van der Waals surface area contributed by atoms with Crippen LogP contribution in [-0.2, 0) is 11.3 Å². The van der Waals surface area contributed by atoms with E-state index in [1.54, 1.807) is 0 Å². The van der Waals surface area contributed by atoms with Crippen molar-refractivity contribution < 1.29 is 9.53 Å². The molecule has 4 nitrogen and oxygen atoms in total. The quantitative estimate of drug-likeness (QED) is 0.808. The van der Waals surface area contributed by atoms with Gasteiger partial charge in [0.05, 0.1) is 12.6 Å². The van der Waals surface area contributed by atoms with Gasteiger partial charge in [0.25, 0.3) is 0 Å². The molecule has 0 bridgehead atoms. The fraction of sp³-hybridized carbons (Fsp3) is 0.500. The molecule has 1 atom stereocenters. The molecule has 1 rings (SSSR count). The number of nitrogens with two attached hydrogens (primary N) is 1. The normalized spacial score (nSPS) is 11.3. The first-order valence-corrected chi connectivity index (χ1v) is 6.43. The molecule has 19 heavy (non-hydrogen) atoms. The molecule has 1 unspecified atom stereocenters. The third-order valence-electron chi connectivity index (χ3n) is 2.66. The van der Waals surface area contributed by atoms with E-state index in [0.29, 0.717) is 19.6 Å². The van der Waals surface area contributed by atoms with Crippen LogP contribution in [0.2, 0.25) is 0 Å². The topological polar surface area (TPSA) is 64.4 Å². The number of amides is 1. The third kappa shape index (κ3) is 5.94. The molecule has 0 aliphatic carbocycles. The van der Waals surface area contributed by atoms with Gasteiger partial charge in [-0.3, -0.25) is 4.79 Å². The summed E-state index contributed by atoms with van der Waals surface area (Å²) in [6, 6.07) is 7.26. The lowest BCUT2D eigenvalue weighted by Gasteiger charge is -2.13. The zero-order chi connectivity index (χ0) is 13.4. The monoisotopic (exact) mass is 286 g/mol. The van der Waals surface area contributed by atoms with E-state index in [0.717, 1.165) is 17.7 Å². The fourth-order valence-electron chi connectivity index (χ4n) is 1.70. The Morgan fingerprint density at radius 2 is 2.05 bits per heavy atom. The highest BCUT2D eigenvalue weighted by atomic mass is 35.5. The Labute approximate surface area is 121 Å². The van der Waals surface area contributed by atoms with Gasteiger partial charge in [0.2, 0.25) is 5.91 Å². The molecule has 1 aromatic rings. The van der Waals surface area contributed by atoms with Crippen molar-refractivity contribution in [1.29, 1.82) is 0 Å². The zero-order valence-electron chi connectivity index (χ0n) is 11.5. The van der Waals surface area contributed by atoms with Crippen molar-refractivity contribution >= 4 is 18.3 Å². The zero-order valence-corrected chi connectivity index (χ0v) is 12.3. The highest BCUT2D eigenvalue weighted by Gasteiger charge is 2.12. The van der Waals surface area contributed by atoms with Gasteiger partial charge in [-0.2, -0.15) is 0 Å². The summed E-state index contributed by atoms with van der Waals surface area (Å²) in [5.74, 6) is 0.701. The van der Waals surface area contributed by atoms with E-state index in [2.05, 4.69) is 5.32 Å². The lowest BCUT2D eigenvalue weighted by atomic mass is 10.1. The maximum absolute atomic E-state index is 11.7. The van der Waals surface area contributed by atoms with Crippen molar-refractivity contribution in [2.45, 2.75) is 39.3 Å². The molecule has 0 aliphatic heterocycles. The van der Waals surface area contributed by atoms with Crippen molar-refractivity contribution in [2.75, 3.05) is 6.61 Å². The molecule has 1 aromatic carbocycles. The first-order valence-electron chi connectivity index (χ1n) is 6.43. The van der Waals surface area contributed by atoms with Gasteiger partial charge in [0, 0.05) is 12.1 Å². The second-order valence-electron chi connectivity index (χ2n) is 4.15. The first kappa shape index (κ1) is 17.7. The van der Waals surface area contributed by atoms with Crippen LogP contribution in [0, 0.1) is 0 Å². The summed E-state index contributed by atoms with van der Waals surface area (Å²) in [5, 5.41) is 2.84. The lowest BCUT2D eigenvalue weighted by molar-refractivity contribution is -0.122. The number of hydrogen-bond donors (Lipinski definition) is 2. The molecule has 0 aromatic heterocycles. The van der Waals surface area contributed by atoms with Crippen molar-refractivity contribution in [3.63, 3.8) is 0 Å². The standard InChI is InChI=1S/C14H22N2O2.ClH/c1-3-7-12(15)14(17)16-10-11-8-5-6-9-13(11)18-4-2;/h5-6,8-9,12H,3-4,7,10,15H2,1-2H3,(H,16,17);1H. The fourth-order valence-corrected chi connectivity index (χ4v) is 1.70. The van der Waals surface area contributed by atoms with Crippen molar-refractivity contribution in [2.24, 2.45) is 5.73 Å². The van der Waals surface area contributed by atoms with E-state index >= 15 is 0 Å². The van der Waals surface area contributed by atoms with Gasteiger partial charge in [0.15, 0.2) is 0 Å². The predicted molar refractivity (Wildman–Crippen MR) is 79.6 cm³/mol. The second kappa shape index (κ2) is 9.64. The number of ether oxygens (including phenoxy) is 1. The Morgan fingerprint density at radius 1 is 1.37 bits per heavy atom. The summed E-state index contributed by atoms with van der Waals surface area (Å²) in [4.78, 5) is 11.7. The first-order chi connectivity index (χ1) is 8.69. The minimum atomic E-state index is -0.422. The molecule has 0 saturated heterocycles. The van der Waals surface area contributed by atoms with Crippen LogP contribution in [0.3, 0.4) is 0 Å². The second-order valence-corrected chi connectivity index (χ2v) is 4.15. The van der Waals surface area contributed by atoms with Gasteiger partial charge in [-0.1, -0.05) is 31.5 Å². The Balaban J connectivity index is 0.00000324. The Morgan fingerprint density at radius 3 is 2.68 bits per heavy atom. The van der Waals surface area contributed by atoms with Crippen molar-refractivity contribution in [1.82, 2.24) is 5.32 Å². The van der Waals surface area contributed by atoms with Crippen LogP contribution >= 0.6 is 12.4 Å². The minimum Gasteiger partial charge on any atom is -0.494 e. The minimum absolute atomic E-state index is 0. The molecule has 0 radical (unpaired) electrons. The number of carbonyl (C=O) groups excluding carboxylic acids is 1. The number of carbonyl (C=O) groups is 1. The van der Waals surface area contributed by atoms with Crippen molar-refractivity contribution in [3.8, 4) is 5.75 Å². The Kier molecular flexibility index (Phi) is 9.00. The Hall–Kier alpha value is -1.26. The average molecular weight is 287 g/mol. The summed E-state index contributed by atoms with van der Waals surface area (Å²) in [6.45, 7) is 5.01. The molecule has 1 amide bonds. The van der Waals surface area contributed by atoms with E-state index in [-0.39, 0.29) is 18.3 Å². The van der Waals surface area contributed by atoms with Crippen LogP contribution in [0.5, 0.6) is 5.75 Å². The van der Waals surface area contributed by atoms with Crippen molar-refractivity contribution in [3.05, 3.63) is 29.8 Å². The smallest absolute Gasteiger partial charge is 0.237 e. The maximum Gasteiger partial charge on any atom is 0.237 e. The molecule has 108 valence electrons. The van der Waals surface area contributed by atoms with Gasteiger partial charge in [-0.15, -0.1) is 12.4 Å². The summed E-state index contributed by atoms with van der Waals surface area (Å²) < 4.78 is 5.49. The van der Waals surface area contributed by atoms with E-state index < -0.39 is 6.04 Å². The van der Waals surface area contributed by atoms with Gasteiger partial charge < -0.3 is 15.8 Å². The van der Waals surface area contributed by atoms with E-state index in [1.807, 2.05) is 38.1 Å². The Bertz CT molecular complexity index is 385. The number of hydrogen-bond acceptors (Lipinski definition) is 3. The number of halogens is 1. The van der Waals surface area contributed by atoms with E-state index in [1.165, 1.54) is 0 Å². The summed E-state index contributed by atoms with van der Waals surface area (Å²) in [6.07, 6.45) is 1.61. The summed E-state index contributed by atoms with van der Waals surface area (Å²) in [5.41, 5.74) is 6.71. The number of para-hydroxylation sites is 1. The third-order valence-corrected chi connectivity index (χ3v) is 2.66. The highest BCUT2D eigenvalue weighted by Crippen LogP contribution is 2.17. The largest absolute Gasteiger partial charge is 0.494 e. The van der Waals surface area contributed by atoms with Crippen LogP contribution in [0.25, 0.3) is 0 Å². The molecular weight excluding hydrogens is 264 g/mol. The lowest BCUT2D eigenvalue weighted by Crippen LogP contribution is -2.40. The van der Waals surface area contributed by atoms with Gasteiger partial charge in [-0.05, 0) is 19.4 Å². The molecular formula is C14H23ClN2O2. The molecule has 0 aliphatic rings. The molecule has 5 heteroatoms. The van der Waals surface area contributed by atoms with Gasteiger partial charge in [-0.25, -0.2) is 0 Å². The van der Waals surface area contributed by atoms with Crippen LogP contribution in [0.4, 0.5) is 0 Å². The summed E-state index contributed by atoms with van der Waals surface area (Å²) in [7, 11) is 0. The van der Waals surface area contributed by atoms with Crippen LogP contribution in [0.15, 0.2) is 24.3 Å². The maximum atomic E-state index is 11.7. The SMILES string of the molecule is CCCC(N)C(=O)NCc1ccccc1OCC.Cl. The van der Waals surface area contributed by atoms with Gasteiger partial charge >= 0.3 is 0 Å². The van der Waals surface area contributed by atoms with Crippen LogP contribution in [0.1, 0.15) is 32.3 Å². The molecule has 0 fully saturated rings. The molecule has 0 spiro atoms. The van der Waals surface area contributed by atoms with E-state index in [9.17, 15) is 4.79 Å². The molecule has 0 heterocycles. The predicted octanol–water partition coefficient (Wildman–Crippen LogP) is 2.25. The average Bonchev–Trinajstić information content (AvgIpc) is 2.38. The van der Waals surface area contributed by atoms with E-state index in [4.69, 9.17) is 10.5 Å². The molecule has 3 N–H and O–H groups in total.